The van der Waals surface area contributed by atoms with Gasteiger partial charge in [-0.2, -0.15) is 0 Å². The third kappa shape index (κ3) is 8.00. The number of pyridine rings is 1. The van der Waals surface area contributed by atoms with Crippen LogP contribution in [0.5, 0.6) is 5.75 Å². The fourth-order valence-corrected chi connectivity index (χ4v) is 3.76. The van der Waals surface area contributed by atoms with E-state index in [-0.39, 0.29) is 6.61 Å². The molecule has 0 bridgehead atoms. The number of nitrogens with zero attached hydrogens (tertiary/aromatic N) is 1. The van der Waals surface area contributed by atoms with Gasteiger partial charge >= 0.3 is 8.25 Å². The summed E-state index contributed by atoms with van der Waals surface area (Å²) in [5, 5.41) is 4.35. The van der Waals surface area contributed by atoms with Crippen molar-refractivity contribution in [2.45, 2.75) is 38.6 Å². The van der Waals surface area contributed by atoms with Gasteiger partial charge in [-0.3, -0.25) is 4.98 Å². The van der Waals surface area contributed by atoms with Gasteiger partial charge in [-0.15, -0.1) is 9.42 Å². The van der Waals surface area contributed by atoms with Gasteiger partial charge in [0, 0.05) is 22.7 Å². The molecule has 0 aliphatic rings. The first kappa shape index (κ1) is 23.3. The van der Waals surface area contributed by atoms with Crippen molar-refractivity contribution < 1.29 is 18.7 Å². The number of nitrogens with one attached hydrogen (secondary N) is 1. The van der Waals surface area contributed by atoms with Gasteiger partial charge in [0.15, 0.2) is 0 Å². The van der Waals surface area contributed by atoms with E-state index in [1.807, 2.05) is 24.3 Å². The van der Waals surface area contributed by atoms with Crippen LogP contribution in [0.2, 0.25) is 0 Å². The fourth-order valence-electron chi connectivity index (χ4n) is 3.47. The van der Waals surface area contributed by atoms with E-state index in [2.05, 4.69) is 45.2 Å². The van der Waals surface area contributed by atoms with E-state index in [9.17, 15) is 4.57 Å². The predicted molar refractivity (Wildman–Crippen MR) is 123 cm³/mol. The number of rotatable bonds is 14. The third-order valence-corrected chi connectivity index (χ3v) is 5.44. The lowest BCUT2D eigenvalue weighted by Crippen LogP contribution is -2.16. The second kappa shape index (κ2) is 13.1. The highest BCUT2D eigenvalue weighted by molar-refractivity contribution is 7.32. The third-order valence-electron chi connectivity index (χ3n) is 5.04. The van der Waals surface area contributed by atoms with E-state index in [4.69, 9.17) is 9.63 Å². The maximum absolute atomic E-state index is 10.5. The molecular formula is C24H30N2O4P+. The Labute approximate surface area is 184 Å². The molecule has 31 heavy (non-hydrogen) atoms. The van der Waals surface area contributed by atoms with Crippen LogP contribution < -0.4 is 10.1 Å². The van der Waals surface area contributed by atoms with Crippen molar-refractivity contribution in [3.8, 4) is 5.75 Å². The smallest absolute Gasteiger partial charge is 0.493 e. The molecule has 0 amide bonds. The van der Waals surface area contributed by atoms with Crippen LogP contribution in [-0.2, 0) is 22.1 Å². The molecule has 0 saturated carbocycles. The molecule has 0 aliphatic carbocycles. The lowest BCUT2D eigenvalue weighted by atomic mass is 10.1. The van der Waals surface area contributed by atoms with E-state index in [0.29, 0.717) is 26.1 Å². The summed E-state index contributed by atoms with van der Waals surface area (Å²) in [5.74, 6) is 0.870. The molecule has 1 heterocycles. The van der Waals surface area contributed by atoms with Crippen molar-refractivity contribution in [1.29, 1.82) is 0 Å². The molecular weight excluding hydrogens is 411 g/mol. The van der Waals surface area contributed by atoms with Crippen molar-refractivity contribution in [1.82, 2.24) is 10.3 Å². The van der Waals surface area contributed by atoms with Crippen LogP contribution in [0, 0.1) is 0 Å². The molecule has 1 atom stereocenters. The number of ether oxygens (including phenoxy) is 1. The summed E-state index contributed by atoms with van der Waals surface area (Å²) in [5.41, 5.74) is 3.42. The minimum absolute atomic E-state index is 0.260. The van der Waals surface area contributed by atoms with Gasteiger partial charge in [0.2, 0.25) is 0 Å². The van der Waals surface area contributed by atoms with Crippen LogP contribution in [0.15, 0.2) is 60.8 Å². The number of aryl methyl sites for hydroxylation is 1. The van der Waals surface area contributed by atoms with Crippen molar-refractivity contribution in [2.75, 3.05) is 19.8 Å². The molecule has 2 aromatic carbocycles. The Morgan fingerprint density at radius 2 is 1.81 bits per heavy atom. The van der Waals surface area contributed by atoms with Gasteiger partial charge in [-0.25, -0.2) is 0 Å². The number of benzene rings is 2. The first-order valence-electron chi connectivity index (χ1n) is 10.8. The van der Waals surface area contributed by atoms with Crippen molar-refractivity contribution in [2.24, 2.45) is 0 Å². The van der Waals surface area contributed by atoms with Crippen LogP contribution in [0.25, 0.3) is 10.9 Å². The summed E-state index contributed by atoms with van der Waals surface area (Å²) >= 11 is 0. The first-order valence-corrected chi connectivity index (χ1v) is 11.9. The zero-order valence-corrected chi connectivity index (χ0v) is 18.6. The Morgan fingerprint density at radius 3 is 2.65 bits per heavy atom. The van der Waals surface area contributed by atoms with Crippen LogP contribution >= 0.6 is 8.25 Å². The quantitative estimate of drug-likeness (QED) is 0.265. The number of aromatic nitrogens is 1. The Kier molecular flexibility index (Phi) is 9.87. The van der Waals surface area contributed by atoms with Gasteiger partial charge in [0.25, 0.3) is 0 Å². The standard InChI is InChI=1S/C24H29N2O4P/c27-31(28)30-18-8-15-25-19-21-13-14-23(22-12-7-16-26-24(21)22)29-17-6-2-5-11-20-9-3-1-4-10-20/h1,3-4,7,9-10,12-14,16,25H,2,5-6,8,11,15,17-19H2/p+1. The average Bonchev–Trinajstić information content (AvgIpc) is 2.79. The van der Waals surface area contributed by atoms with E-state index >= 15 is 0 Å². The molecule has 0 radical (unpaired) electrons. The maximum atomic E-state index is 10.5. The zero-order valence-electron chi connectivity index (χ0n) is 17.7. The highest BCUT2D eigenvalue weighted by atomic mass is 31.1. The van der Waals surface area contributed by atoms with Crippen LogP contribution in [0.3, 0.4) is 0 Å². The maximum Gasteiger partial charge on any atom is 0.694 e. The zero-order chi connectivity index (χ0) is 21.7. The number of hydrogen-bond donors (Lipinski definition) is 2. The van der Waals surface area contributed by atoms with Crippen molar-refractivity contribution >= 4 is 19.2 Å². The monoisotopic (exact) mass is 441 g/mol. The second-order valence-corrected chi connectivity index (χ2v) is 8.10. The summed E-state index contributed by atoms with van der Waals surface area (Å²) in [7, 11) is -2.51. The summed E-state index contributed by atoms with van der Waals surface area (Å²) in [6, 6.07) is 18.6. The Balaban J connectivity index is 1.44. The van der Waals surface area contributed by atoms with Crippen molar-refractivity contribution in [3.05, 3.63) is 71.9 Å². The Morgan fingerprint density at radius 1 is 0.935 bits per heavy atom. The predicted octanol–water partition coefficient (Wildman–Crippen LogP) is 5.17. The van der Waals surface area contributed by atoms with Gasteiger partial charge in [0.1, 0.15) is 12.4 Å². The topological polar surface area (TPSA) is 80.7 Å². The molecule has 164 valence electrons. The SMILES string of the molecule is O=[P+](O)OCCCNCc1ccc(OCCCCCc2ccccc2)c2cccnc12. The molecule has 0 saturated heterocycles. The highest BCUT2D eigenvalue weighted by Gasteiger charge is 2.11. The molecule has 0 spiro atoms. The molecule has 3 aromatic rings. The molecule has 1 aromatic heterocycles. The average molecular weight is 441 g/mol. The Bertz CT molecular complexity index is 953. The van der Waals surface area contributed by atoms with Gasteiger partial charge in [-0.1, -0.05) is 36.4 Å². The summed E-state index contributed by atoms with van der Waals surface area (Å²) in [6.45, 7) is 2.32. The molecule has 1 unspecified atom stereocenters. The number of fused-ring (bicyclic) bond motifs is 1. The van der Waals surface area contributed by atoms with Crippen LogP contribution in [-0.4, -0.2) is 29.6 Å². The first-order chi connectivity index (χ1) is 15.2. The van der Waals surface area contributed by atoms with Crippen LogP contribution in [0.1, 0.15) is 36.8 Å². The molecule has 0 aliphatic heterocycles. The minimum Gasteiger partial charge on any atom is -0.493 e. The summed E-state index contributed by atoms with van der Waals surface area (Å²) in [4.78, 5) is 13.2. The number of unbranched alkanes of at least 4 members (excludes halogenated alkanes) is 2. The fraction of sp³-hybridized carbons (Fsp3) is 0.375. The van der Waals surface area contributed by atoms with E-state index < -0.39 is 8.25 Å². The number of hydrogen-bond acceptors (Lipinski definition) is 5. The molecule has 3 rings (SSSR count). The normalized spacial score (nSPS) is 11.6. The highest BCUT2D eigenvalue weighted by Crippen LogP contribution is 2.27. The lowest BCUT2D eigenvalue weighted by Gasteiger charge is -2.12. The molecule has 0 fully saturated rings. The summed E-state index contributed by atoms with van der Waals surface area (Å²) in [6.07, 6.45) is 6.91. The van der Waals surface area contributed by atoms with E-state index in [1.54, 1.807) is 6.20 Å². The van der Waals surface area contributed by atoms with Crippen LogP contribution in [0.4, 0.5) is 0 Å². The molecule has 6 nitrogen and oxygen atoms in total. The second-order valence-electron chi connectivity index (χ2n) is 7.37. The molecule has 7 heteroatoms. The molecule has 2 N–H and O–H groups in total. The minimum atomic E-state index is -2.51. The van der Waals surface area contributed by atoms with E-state index in [0.717, 1.165) is 41.5 Å². The van der Waals surface area contributed by atoms with E-state index in [1.165, 1.54) is 12.0 Å². The Hall–Kier alpha value is -2.37. The lowest BCUT2D eigenvalue weighted by molar-refractivity contribution is 0.276. The van der Waals surface area contributed by atoms with Gasteiger partial charge in [-0.05, 0) is 68.0 Å². The van der Waals surface area contributed by atoms with Gasteiger partial charge < -0.3 is 10.1 Å². The van der Waals surface area contributed by atoms with Gasteiger partial charge in [0.05, 0.1) is 12.1 Å². The summed E-state index contributed by atoms with van der Waals surface area (Å²) < 4.78 is 21.2. The largest absolute Gasteiger partial charge is 0.694 e. The van der Waals surface area contributed by atoms with Crippen molar-refractivity contribution in [3.63, 3.8) is 0 Å².